The van der Waals surface area contributed by atoms with Crippen molar-refractivity contribution >= 4 is 5.91 Å². The van der Waals surface area contributed by atoms with E-state index < -0.39 is 17.8 Å². The molecule has 0 aliphatic heterocycles. The van der Waals surface area contributed by atoms with Gasteiger partial charge in [0.1, 0.15) is 0 Å². The van der Waals surface area contributed by atoms with Gasteiger partial charge in [-0.05, 0) is 25.7 Å². The maximum Gasteiger partial charge on any atom is 0.253 e. The number of carbonyl (C=O) groups excluding carboxylic acids is 1. The predicted octanol–water partition coefficient (Wildman–Crippen LogP) is 0.441. The molecule has 1 saturated carbocycles. The Bertz CT molecular complexity index is 229. The molecule has 0 bridgehead atoms. The first kappa shape index (κ1) is 12.4. The number of nitrogens with one attached hydrogen (secondary N) is 1. The van der Waals surface area contributed by atoms with E-state index >= 15 is 0 Å². The van der Waals surface area contributed by atoms with E-state index in [2.05, 4.69) is 5.32 Å². The van der Waals surface area contributed by atoms with Gasteiger partial charge in [-0.15, -0.1) is 0 Å². The van der Waals surface area contributed by atoms with E-state index in [9.17, 15) is 14.3 Å². The van der Waals surface area contributed by atoms with E-state index in [1.165, 1.54) is 0 Å². The molecule has 1 aliphatic rings. The lowest BCUT2D eigenvalue weighted by Gasteiger charge is -2.25. The van der Waals surface area contributed by atoms with Gasteiger partial charge in [0.05, 0.1) is 0 Å². The fourth-order valence-electron chi connectivity index (χ4n) is 1.31. The van der Waals surface area contributed by atoms with Crippen LogP contribution in [-0.4, -0.2) is 29.0 Å². The number of carbonyl (C=O) groups is 1. The molecule has 15 heavy (non-hydrogen) atoms. The normalized spacial score (nSPS) is 21.9. The van der Waals surface area contributed by atoms with E-state index in [1.807, 2.05) is 6.92 Å². The third kappa shape index (κ3) is 3.76. The zero-order valence-electron chi connectivity index (χ0n) is 9.00. The average molecular weight is 218 g/mol. The molecule has 2 atom stereocenters. The van der Waals surface area contributed by atoms with Crippen LogP contribution < -0.4 is 11.1 Å². The Hall–Kier alpha value is -0.680. The Labute approximate surface area is 89.0 Å². The highest BCUT2D eigenvalue weighted by Crippen LogP contribution is 2.21. The van der Waals surface area contributed by atoms with Gasteiger partial charge < -0.3 is 10.4 Å². The van der Waals surface area contributed by atoms with Crippen LogP contribution in [0, 0.1) is 0 Å². The minimum Gasteiger partial charge on any atom is -0.379 e. The molecule has 4 nitrogen and oxygen atoms in total. The molecule has 0 aromatic heterocycles. The van der Waals surface area contributed by atoms with E-state index in [-0.39, 0.29) is 12.5 Å². The molecule has 1 rings (SSSR count). The Kier molecular flexibility index (Phi) is 4.04. The van der Waals surface area contributed by atoms with Gasteiger partial charge in [0.2, 0.25) is 0 Å². The summed E-state index contributed by atoms with van der Waals surface area (Å²) in [6.07, 6.45) is 1.38. The first-order chi connectivity index (χ1) is 6.97. The van der Waals surface area contributed by atoms with Crippen LogP contribution in [0.1, 0.15) is 39.0 Å². The number of amides is 1. The molecule has 0 radical (unpaired) electrons. The first-order valence-electron chi connectivity index (χ1n) is 5.43. The second kappa shape index (κ2) is 4.90. The van der Waals surface area contributed by atoms with Crippen LogP contribution >= 0.6 is 0 Å². The summed E-state index contributed by atoms with van der Waals surface area (Å²) in [5, 5.41) is 12.0. The number of unbranched alkanes of at least 4 members (excludes halogenated alkanes) is 1. The summed E-state index contributed by atoms with van der Waals surface area (Å²) < 4.78 is 13.7. The van der Waals surface area contributed by atoms with Crippen molar-refractivity contribution in [2.24, 2.45) is 5.73 Å². The number of nitrogens with two attached hydrogens (primary N) is 1. The molecule has 88 valence electrons. The lowest BCUT2D eigenvalue weighted by Crippen LogP contribution is -2.54. The van der Waals surface area contributed by atoms with Crippen molar-refractivity contribution < 1.29 is 14.3 Å². The summed E-state index contributed by atoms with van der Waals surface area (Å²) in [5.41, 5.74) is 5.27. The smallest absolute Gasteiger partial charge is 0.253 e. The van der Waals surface area contributed by atoms with E-state index in [4.69, 9.17) is 5.73 Å². The summed E-state index contributed by atoms with van der Waals surface area (Å²) in [6, 6.07) is 0.106. The molecule has 1 aliphatic carbocycles. The molecule has 1 fully saturated rings. The number of aliphatic hydroxyl groups excluding tert-OH is 1. The van der Waals surface area contributed by atoms with Gasteiger partial charge in [-0.3, -0.25) is 10.5 Å². The molecular formula is C10H19FN2O2. The lowest BCUT2D eigenvalue weighted by atomic mass is 10.0. The zero-order valence-corrected chi connectivity index (χ0v) is 9.00. The van der Waals surface area contributed by atoms with E-state index in [1.54, 1.807) is 0 Å². The summed E-state index contributed by atoms with van der Waals surface area (Å²) in [5.74, 6) is -3.01. The molecule has 0 spiro atoms. The van der Waals surface area contributed by atoms with Gasteiger partial charge >= 0.3 is 0 Å². The van der Waals surface area contributed by atoms with Crippen LogP contribution in [0.15, 0.2) is 0 Å². The second-order valence-corrected chi connectivity index (χ2v) is 4.22. The molecule has 2 unspecified atom stereocenters. The van der Waals surface area contributed by atoms with Crippen LogP contribution in [0.2, 0.25) is 0 Å². The van der Waals surface area contributed by atoms with Crippen molar-refractivity contribution in [2.75, 3.05) is 0 Å². The second-order valence-electron chi connectivity index (χ2n) is 4.22. The Balaban J connectivity index is 2.40. The fourth-order valence-corrected chi connectivity index (χ4v) is 1.31. The third-order valence-electron chi connectivity index (χ3n) is 2.54. The molecule has 0 heterocycles. The SMILES string of the molecule is CCCCC(N)(F)C(O)C(=O)NC1CC1. The van der Waals surface area contributed by atoms with Gasteiger partial charge in [0.25, 0.3) is 5.91 Å². The predicted molar refractivity (Wildman–Crippen MR) is 54.7 cm³/mol. The standard InChI is InChI=1S/C10H19FN2O2/c1-2-3-6-10(11,12)8(14)9(15)13-7-4-5-7/h7-8,14H,2-6,12H2,1H3,(H,13,15). The molecule has 5 heteroatoms. The van der Waals surface area contributed by atoms with Crippen LogP contribution in [-0.2, 0) is 4.79 Å². The van der Waals surface area contributed by atoms with Gasteiger partial charge in [0, 0.05) is 6.04 Å². The number of hydrogen-bond acceptors (Lipinski definition) is 3. The van der Waals surface area contributed by atoms with Crippen molar-refractivity contribution in [1.82, 2.24) is 5.32 Å². The van der Waals surface area contributed by atoms with Gasteiger partial charge in [-0.25, -0.2) is 4.39 Å². The first-order valence-corrected chi connectivity index (χ1v) is 5.43. The summed E-state index contributed by atoms with van der Waals surface area (Å²) in [7, 11) is 0. The molecule has 0 aromatic rings. The van der Waals surface area contributed by atoms with Crippen LogP contribution in [0.4, 0.5) is 4.39 Å². The molecule has 0 aromatic carbocycles. The van der Waals surface area contributed by atoms with E-state index in [0.29, 0.717) is 6.42 Å². The van der Waals surface area contributed by atoms with Crippen molar-refractivity contribution in [1.29, 1.82) is 0 Å². The Morgan fingerprint density at radius 3 is 2.80 bits per heavy atom. The van der Waals surface area contributed by atoms with Gasteiger partial charge in [-0.2, -0.15) is 0 Å². The topological polar surface area (TPSA) is 75.3 Å². The van der Waals surface area contributed by atoms with Crippen LogP contribution in [0.25, 0.3) is 0 Å². The Morgan fingerprint density at radius 1 is 1.73 bits per heavy atom. The van der Waals surface area contributed by atoms with Crippen molar-refractivity contribution in [2.45, 2.75) is 57.0 Å². The van der Waals surface area contributed by atoms with E-state index in [0.717, 1.165) is 19.3 Å². The fraction of sp³-hybridized carbons (Fsp3) is 0.900. The number of aliphatic hydroxyl groups is 1. The summed E-state index contributed by atoms with van der Waals surface area (Å²) in [4.78, 5) is 11.3. The quantitative estimate of drug-likeness (QED) is 0.566. The summed E-state index contributed by atoms with van der Waals surface area (Å²) >= 11 is 0. The molecule has 4 N–H and O–H groups in total. The van der Waals surface area contributed by atoms with Crippen molar-refractivity contribution in [3.05, 3.63) is 0 Å². The van der Waals surface area contributed by atoms with Gasteiger partial charge in [0.15, 0.2) is 11.9 Å². The minimum atomic E-state index is -2.31. The number of rotatable bonds is 6. The van der Waals surface area contributed by atoms with Crippen LogP contribution in [0.5, 0.6) is 0 Å². The third-order valence-corrected chi connectivity index (χ3v) is 2.54. The van der Waals surface area contributed by atoms with Crippen molar-refractivity contribution in [3.8, 4) is 0 Å². The number of alkyl halides is 1. The monoisotopic (exact) mass is 218 g/mol. The highest BCUT2D eigenvalue weighted by molar-refractivity contribution is 5.82. The number of hydrogen-bond donors (Lipinski definition) is 3. The summed E-state index contributed by atoms with van der Waals surface area (Å²) in [6.45, 7) is 1.90. The minimum absolute atomic E-state index is 0.00273. The molecule has 0 saturated heterocycles. The maximum atomic E-state index is 13.7. The highest BCUT2D eigenvalue weighted by Gasteiger charge is 2.39. The van der Waals surface area contributed by atoms with Gasteiger partial charge in [-0.1, -0.05) is 13.3 Å². The largest absolute Gasteiger partial charge is 0.379 e. The highest BCUT2D eigenvalue weighted by atomic mass is 19.1. The van der Waals surface area contributed by atoms with Crippen molar-refractivity contribution in [3.63, 3.8) is 0 Å². The number of halogens is 1. The zero-order chi connectivity index (χ0) is 11.5. The average Bonchev–Trinajstić information content (AvgIpc) is 2.97. The maximum absolute atomic E-state index is 13.7. The lowest BCUT2D eigenvalue weighted by molar-refractivity contribution is -0.138. The molecule has 1 amide bonds. The Morgan fingerprint density at radius 2 is 2.33 bits per heavy atom. The van der Waals surface area contributed by atoms with Crippen LogP contribution in [0.3, 0.4) is 0 Å². The molecular weight excluding hydrogens is 199 g/mol.